The van der Waals surface area contributed by atoms with Crippen LogP contribution >= 0.6 is 23.2 Å². The first-order chi connectivity index (χ1) is 11.2. The van der Waals surface area contributed by atoms with Crippen LogP contribution in [0.4, 0.5) is 5.69 Å². The molecule has 1 aromatic heterocycles. The van der Waals surface area contributed by atoms with Gasteiger partial charge in [-0.25, -0.2) is 0 Å². The van der Waals surface area contributed by atoms with Crippen LogP contribution in [0.3, 0.4) is 0 Å². The van der Waals surface area contributed by atoms with Crippen molar-refractivity contribution in [3.63, 3.8) is 0 Å². The Hall–Kier alpha value is -2.11. The van der Waals surface area contributed by atoms with Gasteiger partial charge in [-0.1, -0.05) is 29.3 Å². The Morgan fingerprint density at radius 3 is 2.08 bits per heavy atom. The van der Waals surface area contributed by atoms with Crippen molar-refractivity contribution in [2.24, 2.45) is 0 Å². The van der Waals surface area contributed by atoms with Gasteiger partial charge in [0, 0.05) is 17.9 Å². The van der Waals surface area contributed by atoms with E-state index >= 15 is 0 Å². The van der Waals surface area contributed by atoms with E-state index in [4.69, 9.17) is 23.2 Å². The first-order valence-corrected chi connectivity index (χ1v) is 7.96. The Bertz CT molecular complexity index is 765. The minimum atomic E-state index is -0.456. The van der Waals surface area contributed by atoms with Crippen LogP contribution in [0, 0.1) is 0 Å². The van der Waals surface area contributed by atoms with Crippen LogP contribution in [0.2, 0.25) is 10.0 Å². The van der Waals surface area contributed by atoms with Gasteiger partial charge >= 0.3 is 0 Å². The number of carbonyl (C=O) groups excluding carboxylic acids is 2. The number of nitrogens with zero attached hydrogens (tertiary/aromatic N) is 1. The lowest BCUT2D eigenvalue weighted by atomic mass is 10.1. The van der Waals surface area contributed by atoms with Crippen LogP contribution in [0.5, 0.6) is 0 Å². The molecule has 0 fully saturated rings. The van der Waals surface area contributed by atoms with Gasteiger partial charge in [0.15, 0.2) is 0 Å². The third-order valence-corrected chi connectivity index (χ3v) is 3.58. The van der Waals surface area contributed by atoms with Gasteiger partial charge in [0.25, 0.3) is 11.8 Å². The molecule has 24 heavy (non-hydrogen) atoms. The normalized spacial score (nSPS) is 11.0. The fraction of sp³-hybridized carbons (Fsp3) is 0.235. The van der Waals surface area contributed by atoms with Gasteiger partial charge in [-0.15, -0.1) is 0 Å². The highest BCUT2D eigenvalue weighted by atomic mass is 35.5. The van der Waals surface area contributed by atoms with Crippen LogP contribution in [-0.4, -0.2) is 22.3 Å². The monoisotopic (exact) mass is 365 g/mol. The van der Waals surface area contributed by atoms with Crippen molar-refractivity contribution in [3.05, 3.63) is 57.8 Å². The zero-order chi connectivity index (χ0) is 17.9. The number of anilines is 1. The van der Waals surface area contributed by atoms with Crippen molar-refractivity contribution in [3.8, 4) is 0 Å². The smallest absolute Gasteiger partial charge is 0.257 e. The number of benzene rings is 1. The summed E-state index contributed by atoms with van der Waals surface area (Å²) in [7, 11) is 0. The van der Waals surface area contributed by atoms with Crippen LogP contribution in [0.1, 0.15) is 41.5 Å². The Kier molecular flexibility index (Phi) is 5.47. The van der Waals surface area contributed by atoms with Gasteiger partial charge in [-0.2, -0.15) is 0 Å². The number of hydrogen-bond acceptors (Lipinski definition) is 3. The minimum absolute atomic E-state index is 0.229. The van der Waals surface area contributed by atoms with Crippen molar-refractivity contribution in [2.45, 2.75) is 26.3 Å². The molecule has 2 aromatic rings. The standard InChI is InChI=1S/C17H17Cl2N3O2/c1-17(2,3)22-16(24)11-7-10(8-20-9-11)15(23)21-14-12(18)5-4-6-13(14)19/h4-9H,1-3H3,(H,21,23)(H,22,24). The van der Waals surface area contributed by atoms with Crippen molar-refractivity contribution >= 4 is 40.7 Å². The van der Waals surface area contributed by atoms with Crippen molar-refractivity contribution in [1.29, 1.82) is 0 Å². The maximum Gasteiger partial charge on any atom is 0.257 e. The van der Waals surface area contributed by atoms with Crippen LogP contribution < -0.4 is 10.6 Å². The lowest BCUT2D eigenvalue weighted by Crippen LogP contribution is -2.40. The number of halogens is 2. The summed E-state index contributed by atoms with van der Waals surface area (Å²) >= 11 is 12.1. The highest BCUT2D eigenvalue weighted by Crippen LogP contribution is 2.30. The Balaban J connectivity index is 2.22. The van der Waals surface area contributed by atoms with Gasteiger partial charge in [0.1, 0.15) is 0 Å². The summed E-state index contributed by atoms with van der Waals surface area (Å²) in [5.74, 6) is -0.761. The molecule has 0 unspecified atom stereocenters. The van der Waals surface area contributed by atoms with Crippen LogP contribution in [-0.2, 0) is 0 Å². The lowest BCUT2D eigenvalue weighted by Gasteiger charge is -2.20. The summed E-state index contributed by atoms with van der Waals surface area (Å²) in [4.78, 5) is 28.5. The lowest BCUT2D eigenvalue weighted by molar-refractivity contribution is 0.0919. The quantitative estimate of drug-likeness (QED) is 0.857. The molecule has 0 bridgehead atoms. The number of pyridine rings is 1. The van der Waals surface area contributed by atoms with E-state index in [0.717, 1.165) is 0 Å². The molecule has 7 heteroatoms. The first kappa shape index (κ1) is 18.2. The van der Waals surface area contributed by atoms with Gasteiger partial charge in [-0.3, -0.25) is 14.6 Å². The predicted octanol–water partition coefficient (Wildman–Crippen LogP) is 4.17. The number of nitrogens with one attached hydrogen (secondary N) is 2. The maximum atomic E-state index is 12.4. The fourth-order valence-electron chi connectivity index (χ4n) is 1.90. The second-order valence-electron chi connectivity index (χ2n) is 6.22. The van der Waals surface area contributed by atoms with Gasteiger partial charge in [-0.05, 0) is 39.0 Å². The number of carbonyl (C=O) groups is 2. The second kappa shape index (κ2) is 7.20. The molecule has 126 valence electrons. The Labute approximate surface area is 150 Å². The average Bonchev–Trinajstić information content (AvgIpc) is 2.49. The molecule has 0 spiro atoms. The topological polar surface area (TPSA) is 71.1 Å². The summed E-state index contributed by atoms with van der Waals surface area (Å²) < 4.78 is 0. The molecule has 1 aromatic carbocycles. The highest BCUT2D eigenvalue weighted by Gasteiger charge is 2.18. The first-order valence-electron chi connectivity index (χ1n) is 7.20. The zero-order valence-electron chi connectivity index (χ0n) is 13.5. The predicted molar refractivity (Wildman–Crippen MR) is 95.9 cm³/mol. The summed E-state index contributed by atoms with van der Waals surface area (Å²) in [5.41, 5.74) is 0.450. The maximum absolute atomic E-state index is 12.4. The molecule has 0 atom stereocenters. The fourth-order valence-corrected chi connectivity index (χ4v) is 2.40. The number of amides is 2. The van der Waals surface area contributed by atoms with E-state index in [1.165, 1.54) is 18.5 Å². The van der Waals surface area contributed by atoms with Crippen molar-refractivity contribution in [2.75, 3.05) is 5.32 Å². The SMILES string of the molecule is CC(C)(C)NC(=O)c1cncc(C(=O)Nc2c(Cl)cccc2Cl)c1. The summed E-state index contributed by atoms with van der Waals surface area (Å²) in [6.45, 7) is 5.61. The van der Waals surface area contributed by atoms with E-state index in [9.17, 15) is 9.59 Å². The number of hydrogen-bond donors (Lipinski definition) is 2. The average molecular weight is 366 g/mol. The molecule has 0 aliphatic heterocycles. The highest BCUT2D eigenvalue weighted by molar-refractivity contribution is 6.40. The molecule has 0 saturated carbocycles. The number of aromatic nitrogens is 1. The third kappa shape index (κ3) is 4.69. The largest absolute Gasteiger partial charge is 0.347 e. The summed E-state index contributed by atoms with van der Waals surface area (Å²) in [6, 6.07) is 6.39. The molecular weight excluding hydrogens is 349 g/mol. The zero-order valence-corrected chi connectivity index (χ0v) is 15.0. The van der Waals surface area contributed by atoms with E-state index in [1.54, 1.807) is 18.2 Å². The molecule has 1 heterocycles. The number of rotatable bonds is 3. The molecule has 0 aliphatic rings. The Morgan fingerprint density at radius 1 is 1.00 bits per heavy atom. The molecule has 2 N–H and O–H groups in total. The van der Waals surface area contributed by atoms with Crippen LogP contribution in [0.25, 0.3) is 0 Å². The van der Waals surface area contributed by atoms with Crippen LogP contribution in [0.15, 0.2) is 36.7 Å². The molecule has 0 aliphatic carbocycles. The van der Waals surface area contributed by atoms with Gasteiger partial charge in [0.05, 0.1) is 26.9 Å². The van der Waals surface area contributed by atoms with Gasteiger partial charge < -0.3 is 10.6 Å². The minimum Gasteiger partial charge on any atom is -0.347 e. The van der Waals surface area contributed by atoms with E-state index in [1.807, 2.05) is 20.8 Å². The van der Waals surface area contributed by atoms with Crippen molar-refractivity contribution < 1.29 is 9.59 Å². The van der Waals surface area contributed by atoms with E-state index in [0.29, 0.717) is 21.3 Å². The number of para-hydroxylation sites is 1. The molecule has 0 saturated heterocycles. The third-order valence-electron chi connectivity index (χ3n) is 2.95. The molecule has 2 rings (SSSR count). The Morgan fingerprint density at radius 2 is 1.54 bits per heavy atom. The molecule has 5 nitrogen and oxygen atoms in total. The molecule has 0 radical (unpaired) electrons. The summed E-state index contributed by atoms with van der Waals surface area (Å²) in [5, 5.41) is 6.10. The molecular formula is C17H17Cl2N3O2. The van der Waals surface area contributed by atoms with Gasteiger partial charge in [0.2, 0.25) is 0 Å². The van der Waals surface area contributed by atoms with E-state index in [2.05, 4.69) is 15.6 Å². The van der Waals surface area contributed by atoms with Crippen molar-refractivity contribution in [1.82, 2.24) is 10.3 Å². The molecule has 2 amide bonds. The van der Waals surface area contributed by atoms with E-state index < -0.39 is 5.91 Å². The van der Waals surface area contributed by atoms with E-state index in [-0.39, 0.29) is 17.0 Å². The summed E-state index contributed by atoms with van der Waals surface area (Å²) in [6.07, 6.45) is 2.77. The second-order valence-corrected chi connectivity index (χ2v) is 7.03.